The number of nitrogens with zero attached hydrogens (tertiary/aromatic N) is 1. The fourth-order valence-corrected chi connectivity index (χ4v) is 4.18. The largest absolute Gasteiger partial charge is 0.573 e. The number of aliphatic hydroxyl groups excluding tert-OH is 1. The number of carbonyl (C=O) groups excluding carboxylic acids is 3. The number of halogens is 4. The Labute approximate surface area is 240 Å². The van der Waals surface area contributed by atoms with Gasteiger partial charge < -0.3 is 41.0 Å². The molecule has 0 fully saturated rings. The summed E-state index contributed by atoms with van der Waals surface area (Å²) < 4.78 is 47.4. The van der Waals surface area contributed by atoms with Gasteiger partial charge in [-0.3, -0.25) is 19.4 Å². The van der Waals surface area contributed by atoms with Crippen LogP contribution in [0.4, 0.5) is 18.9 Å². The fraction of sp³-hybridized carbons (Fsp3) is 0.360. The summed E-state index contributed by atoms with van der Waals surface area (Å²) in [6, 6.07) is 6.28. The Morgan fingerprint density at radius 2 is 1.95 bits per heavy atom. The quantitative estimate of drug-likeness (QED) is 0.212. The maximum Gasteiger partial charge on any atom is 0.573 e. The van der Waals surface area contributed by atoms with Crippen molar-refractivity contribution in [1.29, 1.82) is 0 Å². The average Bonchev–Trinajstić information content (AvgIpc) is 2.86. The summed E-state index contributed by atoms with van der Waals surface area (Å²) in [4.78, 5) is 41.7. The molecule has 1 aliphatic rings. The third kappa shape index (κ3) is 10.5. The van der Waals surface area contributed by atoms with Crippen molar-refractivity contribution in [2.75, 3.05) is 31.6 Å². The van der Waals surface area contributed by atoms with Crippen molar-refractivity contribution in [3.63, 3.8) is 0 Å². The van der Waals surface area contributed by atoms with Crippen molar-refractivity contribution in [2.45, 2.75) is 31.9 Å². The van der Waals surface area contributed by atoms with Gasteiger partial charge in [0.2, 0.25) is 5.91 Å². The third-order valence-electron chi connectivity index (χ3n) is 5.36. The first-order valence-electron chi connectivity index (χ1n) is 12.2. The van der Waals surface area contributed by atoms with Crippen LogP contribution in [0.2, 0.25) is 0 Å². The van der Waals surface area contributed by atoms with Crippen molar-refractivity contribution in [3.05, 3.63) is 52.0 Å². The maximum atomic E-state index is 12.8. The number of benzene rings is 2. The van der Waals surface area contributed by atoms with E-state index in [-0.39, 0.29) is 41.0 Å². The van der Waals surface area contributed by atoms with Gasteiger partial charge in [-0.05, 0) is 42.8 Å². The Hall–Kier alpha value is -4.05. The maximum absolute atomic E-state index is 12.8. The molecule has 0 saturated heterocycles. The van der Waals surface area contributed by atoms with Crippen molar-refractivity contribution >= 4 is 45.4 Å². The van der Waals surface area contributed by atoms with Gasteiger partial charge in [0.15, 0.2) is 5.96 Å². The van der Waals surface area contributed by atoms with Crippen molar-refractivity contribution in [1.82, 2.24) is 16.0 Å². The number of β-amino-alcohol motifs (C(OH)–C–C–N with tert-alkyl or cyclic N) is 1. The Bertz CT molecular complexity index is 1310. The molecule has 0 bridgehead atoms. The van der Waals surface area contributed by atoms with Gasteiger partial charge in [0, 0.05) is 28.3 Å². The van der Waals surface area contributed by atoms with Gasteiger partial charge in [0.05, 0.1) is 38.3 Å². The lowest BCUT2D eigenvalue weighted by Gasteiger charge is -2.21. The highest BCUT2D eigenvalue weighted by atomic mass is 79.9. The van der Waals surface area contributed by atoms with Crippen LogP contribution >= 0.6 is 15.9 Å². The number of amides is 2. The van der Waals surface area contributed by atoms with Crippen molar-refractivity contribution in [3.8, 4) is 11.5 Å². The van der Waals surface area contributed by atoms with Crippen LogP contribution in [0, 0.1) is 0 Å². The Balaban J connectivity index is 1.69. The van der Waals surface area contributed by atoms with E-state index in [2.05, 4.69) is 46.9 Å². The number of alkyl halides is 3. The molecule has 0 aromatic heterocycles. The minimum atomic E-state index is -4.97. The molecule has 0 spiro atoms. The summed E-state index contributed by atoms with van der Waals surface area (Å²) in [5.41, 5.74) is 0.422. The summed E-state index contributed by atoms with van der Waals surface area (Å²) in [5.74, 6) is -2.69. The highest BCUT2D eigenvalue weighted by molar-refractivity contribution is 9.10. The molecule has 2 atom stereocenters. The molecule has 0 saturated carbocycles. The second-order valence-electron chi connectivity index (χ2n) is 8.70. The molecule has 0 radical (unpaired) electrons. The topological polar surface area (TPSA) is 171 Å². The smallest absolute Gasteiger partial charge is 0.508 e. The van der Waals surface area contributed by atoms with Gasteiger partial charge in [-0.15, -0.1) is 13.2 Å². The van der Waals surface area contributed by atoms with E-state index < -0.39 is 55.0 Å². The molecule has 16 heteroatoms. The van der Waals surface area contributed by atoms with Crippen molar-refractivity contribution in [2.24, 2.45) is 4.99 Å². The molecule has 2 aromatic rings. The third-order valence-corrected chi connectivity index (χ3v) is 5.82. The number of phenols is 1. The van der Waals surface area contributed by atoms with Gasteiger partial charge in [0.1, 0.15) is 11.5 Å². The Kier molecular flexibility index (Phi) is 10.8. The van der Waals surface area contributed by atoms with Crippen molar-refractivity contribution < 1.29 is 47.2 Å². The molecule has 2 unspecified atom stereocenters. The summed E-state index contributed by atoms with van der Waals surface area (Å²) in [6.45, 7) is 1.48. The summed E-state index contributed by atoms with van der Waals surface area (Å²) in [5, 5.41) is 30.2. The van der Waals surface area contributed by atoms with Crippen LogP contribution < -0.4 is 26.0 Å². The van der Waals surface area contributed by atoms with E-state index in [1.54, 1.807) is 6.92 Å². The molecule has 1 aliphatic heterocycles. The zero-order valence-electron chi connectivity index (χ0n) is 21.5. The number of aliphatic hydroxyl groups is 1. The lowest BCUT2D eigenvalue weighted by atomic mass is 10.0. The number of aliphatic imine (C=N–C) groups is 1. The molecular formula is C25H27BrF3N5O7. The SMILES string of the molecule is CCOC(=O)CC(NC(=O)CNC(=O)c1cc(O)cc(NC2=NCC(O)CN2)c1)c1cc(Br)cc(OC(F)(F)F)c1. The number of aromatic hydroxyl groups is 1. The van der Waals surface area contributed by atoms with Crippen LogP contribution in [-0.2, 0) is 14.3 Å². The summed E-state index contributed by atoms with van der Waals surface area (Å²) in [6.07, 6.45) is -6.01. The normalized spacial score (nSPS) is 15.6. The number of anilines is 1. The van der Waals surface area contributed by atoms with Gasteiger partial charge in [-0.25, -0.2) is 0 Å². The minimum Gasteiger partial charge on any atom is -0.508 e. The number of esters is 1. The Morgan fingerprint density at radius 3 is 2.61 bits per heavy atom. The van der Waals surface area contributed by atoms with E-state index in [4.69, 9.17) is 4.74 Å². The van der Waals surface area contributed by atoms with Crippen LogP contribution in [0.15, 0.2) is 45.9 Å². The minimum absolute atomic E-state index is 0.000693. The second-order valence-corrected chi connectivity index (χ2v) is 9.61. The molecule has 0 aliphatic carbocycles. The number of hydrogen-bond donors (Lipinski definition) is 6. The first-order chi connectivity index (χ1) is 19.3. The number of carbonyl (C=O) groups is 3. The molecule has 6 N–H and O–H groups in total. The van der Waals surface area contributed by atoms with Gasteiger partial charge in [0.25, 0.3) is 5.91 Å². The highest BCUT2D eigenvalue weighted by Gasteiger charge is 2.32. The molecule has 222 valence electrons. The molecule has 3 rings (SSSR count). The van der Waals surface area contributed by atoms with E-state index in [0.29, 0.717) is 11.6 Å². The predicted octanol–water partition coefficient (Wildman–Crippen LogP) is 2.33. The van der Waals surface area contributed by atoms with Crippen LogP contribution in [0.1, 0.15) is 35.3 Å². The number of ether oxygens (including phenoxy) is 2. The monoisotopic (exact) mass is 645 g/mol. The van der Waals surface area contributed by atoms with E-state index in [1.807, 2.05) is 0 Å². The van der Waals surface area contributed by atoms with Crippen LogP contribution in [0.25, 0.3) is 0 Å². The van der Waals surface area contributed by atoms with E-state index >= 15 is 0 Å². The number of rotatable bonds is 10. The predicted molar refractivity (Wildman–Crippen MR) is 143 cm³/mol. The average molecular weight is 646 g/mol. The summed E-state index contributed by atoms with van der Waals surface area (Å²) in [7, 11) is 0. The molecule has 12 nitrogen and oxygen atoms in total. The zero-order valence-corrected chi connectivity index (χ0v) is 23.1. The number of hydrogen-bond acceptors (Lipinski definition) is 10. The van der Waals surface area contributed by atoms with E-state index in [9.17, 15) is 37.8 Å². The first kappa shape index (κ1) is 31.5. The Morgan fingerprint density at radius 1 is 1.20 bits per heavy atom. The number of phenolic OH excluding ortho intramolecular Hbond substituents is 1. The van der Waals surface area contributed by atoms with Crippen LogP contribution in [0.5, 0.6) is 11.5 Å². The second kappa shape index (κ2) is 14.0. The molecular weight excluding hydrogens is 619 g/mol. The lowest BCUT2D eigenvalue weighted by Crippen LogP contribution is -2.42. The standard InChI is InChI=1S/C25H27BrF3N5O7/c1-2-40-22(38)9-20(13-3-15(26)7-19(6-13)41-25(27,28)29)34-21(37)12-30-23(39)14-4-16(8-17(35)5-14)33-24-31-10-18(36)11-32-24/h3-8,18,20,35-36H,2,9-12H2,1H3,(H,30,39)(H,34,37)(H2,31,32,33). The molecule has 41 heavy (non-hydrogen) atoms. The van der Waals surface area contributed by atoms with Crippen LogP contribution in [-0.4, -0.2) is 72.7 Å². The molecule has 1 heterocycles. The highest BCUT2D eigenvalue weighted by Crippen LogP contribution is 2.31. The summed E-state index contributed by atoms with van der Waals surface area (Å²) >= 11 is 3.09. The molecule has 2 amide bonds. The van der Waals surface area contributed by atoms with E-state index in [0.717, 1.165) is 12.1 Å². The first-order valence-corrected chi connectivity index (χ1v) is 13.0. The zero-order chi connectivity index (χ0) is 30.2. The van der Waals surface area contributed by atoms with Gasteiger partial charge in [-0.2, -0.15) is 0 Å². The number of guanidine groups is 1. The van der Waals surface area contributed by atoms with Gasteiger partial charge >= 0.3 is 12.3 Å². The van der Waals surface area contributed by atoms with Gasteiger partial charge in [-0.1, -0.05) is 15.9 Å². The van der Waals surface area contributed by atoms with Crippen LogP contribution in [0.3, 0.4) is 0 Å². The fourth-order valence-electron chi connectivity index (χ4n) is 3.69. The van der Waals surface area contributed by atoms with E-state index in [1.165, 1.54) is 24.3 Å². The molecule has 2 aromatic carbocycles. The lowest BCUT2D eigenvalue weighted by molar-refractivity contribution is -0.274. The number of nitrogens with one attached hydrogen (secondary N) is 4.